The summed E-state index contributed by atoms with van der Waals surface area (Å²) < 4.78 is 6.49. The lowest BCUT2D eigenvalue weighted by atomic mass is 10.1. The fraction of sp³-hybridized carbons (Fsp3) is 0.294. The lowest BCUT2D eigenvalue weighted by Gasteiger charge is -2.20. The minimum absolute atomic E-state index is 0.936. The summed E-state index contributed by atoms with van der Waals surface area (Å²) in [7, 11) is 1.72. The third-order valence-electron chi connectivity index (χ3n) is 3.84. The van der Waals surface area contributed by atoms with E-state index >= 15 is 0 Å². The highest BCUT2D eigenvalue weighted by atomic mass is 79.9. The zero-order valence-electron chi connectivity index (χ0n) is 11.6. The molecule has 0 amide bonds. The molecule has 0 aromatic heterocycles. The smallest absolute Gasteiger partial charge is 0.119 e. The second-order valence-corrected chi connectivity index (χ2v) is 5.94. The molecule has 1 aliphatic heterocycles. The van der Waals surface area contributed by atoms with Gasteiger partial charge in [-0.2, -0.15) is 0 Å². The molecular formula is C17H18BrNO. The monoisotopic (exact) mass is 331 g/mol. The highest BCUT2D eigenvalue weighted by molar-refractivity contribution is 9.10. The van der Waals surface area contributed by atoms with Crippen LogP contribution < -0.4 is 9.64 Å². The van der Waals surface area contributed by atoms with Gasteiger partial charge in [0.05, 0.1) is 12.8 Å². The van der Waals surface area contributed by atoms with Crippen molar-refractivity contribution in [2.45, 2.75) is 12.8 Å². The van der Waals surface area contributed by atoms with E-state index in [1.54, 1.807) is 7.11 Å². The van der Waals surface area contributed by atoms with Crippen LogP contribution in [-0.4, -0.2) is 20.2 Å². The first-order valence-corrected chi connectivity index (χ1v) is 7.72. The van der Waals surface area contributed by atoms with Crippen molar-refractivity contribution in [2.75, 3.05) is 25.1 Å². The van der Waals surface area contributed by atoms with Crippen LogP contribution in [0.3, 0.4) is 0 Å². The maximum atomic E-state index is 5.28. The zero-order chi connectivity index (χ0) is 13.9. The van der Waals surface area contributed by atoms with Crippen LogP contribution in [0.25, 0.3) is 0 Å². The van der Waals surface area contributed by atoms with Crippen LogP contribution >= 0.6 is 15.9 Å². The molecule has 2 nitrogen and oxygen atoms in total. The molecule has 0 atom stereocenters. The van der Waals surface area contributed by atoms with Crippen molar-refractivity contribution in [1.29, 1.82) is 0 Å². The second-order valence-electron chi connectivity index (χ2n) is 5.09. The number of rotatable bonds is 4. The molecule has 0 fully saturated rings. The van der Waals surface area contributed by atoms with Crippen LogP contribution in [0.1, 0.15) is 11.1 Å². The lowest BCUT2D eigenvalue weighted by molar-refractivity contribution is 0.414. The van der Waals surface area contributed by atoms with E-state index in [-0.39, 0.29) is 0 Å². The molecule has 0 bridgehead atoms. The summed E-state index contributed by atoms with van der Waals surface area (Å²) in [6.45, 7) is 2.16. The molecule has 3 rings (SSSR count). The Kier molecular flexibility index (Phi) is 3.97. The number of nitrogens with zero attached hydrogens (tertiary/aromatic N) is 1. The number of fused-ring (bicyclic) bond motifs is 1. The molecule has 3 heteroatoms. The molecule has 0 spiro atoms. The van der Waals surface area contributed by atoms with Gasteiger partial charge in [0, 0.05) is 17.6 Å². The van der Waals surface area contributed by atoms with Gasteiger partial charge < -0.3 is 9.64 Å². The fourth-order valence-electron chi connectivity index (χ4n) is 2.80. The Morgan fingerprint density at radius 1 is 1.20 bits per heavy atom. The molecule has 0 radical (unpaired) electrons. The predicted octanol–water partition coefficient (Wildman–Crippen LogP) is 4.06. The van der Waals surface area contributed by atoms with E-state index < -0.39 is 0 Å². The lowest BCUT2D eigenvalue weighted by Crippen LogP contribution is -2.23. The van der Waals surface area contributed by atoms with Crippen LogP contribution in [-0.2, 0) is 12.8 Å². The van der Waals surface area contributed by atoms with Gasteiger partial charge in [0.25, 0.3) is 0 Å². The molecule has 0 saturated heterocycles. The number of ether oxygens (including phenoxy) is 1. The van der Waals surface area contributed by atoms with Gasteiger partial charge in [-0.1, -0.05) is 24.3 Å². The standard InChI is InChI=1S/C17H18BrNO/c1-20-15-6-2-4-13(12-15)8-10-19-11-9-14-5-3-7-16(18)17(14)19/h2-7,12H,8-11H2,1H3. The van der Waals surface area contributed by atoms with E-state index in [2.05, 4.69) is 57.2 Å². The van der Waals surface area contributed by atoms with E-state index in [0.717, 1.165) is 31.7 Å². The van der Waals surface area contributed by atoms with Crippen molar-refractivity contribution < 1.29 is 4.74 Å². The maximum absolute atomic E-state index is 5.28. The Bertz CT molecular complexity index is 612. The third kappa shape index (κ3) is 2.68. The highest BCUT2D eigenvalue weighted by Gasteiger charge is 2.20. The molecule has 0 aliphatic carbocycles. The van der Waals surface area contributed by atoms with E-state index in [1.807, 2.05) is 6.07 Å². The summed E-state index contributed by atoms with van der Waals surface area (Å²) in [6, 6.07) is 14.8. The van der Waals surface area contributed by atoms with Gasteiger partial charge in [-0.25, -0.2) is 0 Å². The van der Waals surface area contributed by atoms with Gasteiger partial charge in [0.15, 0.2) is 0 Å². The molecule has 0 unspecified atom stereocenters. The van der Waals surface area contributed by atoms with E-state index in [0.29, 0.717) is 0 Å². The van der Waals surface area contributed by atoms with E-state index in [9.17, 15) is 0 Å². The number of halogens is 1. The van der Waals surface area contributed by atoms with E-state index in [1.165, 1.54) is 21.3 Å². The number of methoxy groups -OCH3 is 1. The first-order valence-electron chi connectivity index (χ1n) is 6.93. The predicted molar refractivity (Wildman–Crippen MR) is 86.8 cm³/mol. The molecule has 0 saturated carbocycles. The molecule has 1 heterocycles. The van der Waals surface area contributed by atoms with E-state index in [4.69, 9.17) is 4.74 Å². The molecule has 2 aromatic rings. The van der Waals surface area contributed by atoms with Crippen molar-refractivity contribution in [3.05, 3.63) is 58.1 Å². The Balaban J connectivity index is 1.71. The largest absolute Gasteiger partial charge is 0.497 e. The number of hydrogen-bond acceptors (Lipinski definition) is 2. The number of benzene rings is 2. The first-order chi connectivity index (χ1) is 9.78. The summed E-state index contributed by atoms with van der Waals surface area (Å²) in [4.78, 5) is 2.47. The van der Waals surface area contributed by atoms with Gasteiger partial charge in [-0.05, 0) is 58.1 Å². The van der Waals surface area contributed by atoms with Gasteiger partial charge in [-0.3, -0.25) is 0 Å². The summed E-state index contributed by atoms with van der Waals surface area (Å²) in [5.74, 6) is 0.936. The fourth-order valence-corrected chi connectivity index (χ4v) is 3.46. The van der Waals surface area contributed by atoms with Crippen LogP contribution in [0.2, 0.25) is 0 Å². The highest BCUT2D eigenvalue weighted by Crippen LogP contribution is 2.35. The molecule has 0 N–H and O–H groups in total. The van der Waals surface area contributed by atoms with Crippen molar-refractivity contribution in [3.8, 4) is 5.75 Å². The number of para-hydroxylation sites is 1. The van der Waals surface area contributed by atoms with Crippen LogP contribution in [0, 0.1) is 0 Å². The summed E-state index contributed by atoms with van der Waals surface area (Å²) in [5, 5.41) is 0. The number of hydrogen-bond donors (Lipinski definition) is 0. The molecule has 104 valence electrons. The maximum Gasteiger partial charge on any atom is 0.119 e. The zero-order valence-corrected chi connectivity index (χ0v) is 13.2. The van der Waals surface area contributed by atoms with Crippen LogP contribution in [0.4, 0.5) is 5.69 Å². The number of anilines is 1. The van der Waals surface area contributed by atoms with Gasteiger partial charge >= 0.3 is 0 Å². The first kappa shape index (κ1) is 13.5. The van der Waals surface area contributed by atoms with Crippen molar-refractivity contribution >= 4 is 21.6 Å². The summed E-state index contributed by atoms with van der Waals surface area (Å²) in [5.41, 5.74) is 4.14. The Morgan fingerprint density at radius 2 is 2.05 bits per heavy atom. The summed E-state index contributed by atoms with van der Waals surface area (Å²) in [6.07, 6.45) is 2.19. The molecular weight excluding hydrogens is 314 g/mol. The molecule has 1 aliphatic rings. The van der Waals surface area contributed by atoms with Crippen LogP contribution in [0.15, 0.2) is 46.9 Å². The summed E-state index contributed by atoms with van der Waals surface area (Å²) >= 11 is 3.68. The van der Waals surface area contributed by atoms with Crippen molar-refractivity contribution in [3.63, 3.8) is 0 Å². The SMILES string of the molecule is COc1cccc(CCN2CCc3cccc(Br)c32)c1. The van der Waals surface area contributed by atoms with Crippen molar-refractivity contribution in [1.82, 2.24) is 0 Å². The second kappa shape index (κ2) is 5.88. The molecule has 2 aromatic carbocycles. The average Bonchev–Trinajstić information content (AvgIpc) is 2.90. The Labute approximate surface area is 128 Å². The normalized spacial score (nSPS) is 13.4. The Hall–Kier alpha value is -1.48. The average molecular weight is 332 g/mol. The van der Waals surface area contributed by atoms with Gasteiger partial charge in [-0.15, -0.1) is 0 Å². The van der Waals surface area contributed by atoms with Crippen LogP contribution in [0.5, 0.6) is 5.75 Å². The third-order valence-corrected chi connectivity index (χ3v) is 4.48. The van der Waals surface area contributed by atoms with Gasteiger partial charge in [0.2, 0.25) is 0 Å². The topological polar surface area (TPSA) is 12.5 Å². The molecule has 20 heavy (non-hydrogen) atoms. The van der Waals surface area contributed by atoms with Crippen molar-refractivity contribution in [2.24, 2.45) is 0 Å². The minimum Gasteiger partial charge on any atom is -0.497 e. The minimum atomic E-state index is 0.936. The van der Waals surface area contributed by atoms with Gasteiger partial charge in [0.1, 0.15) is 5.75 Å². The Morgan fingerprint density at radius 3 is 2.90 bits per heavy atom. The quantitative estimate of drug-likeness (QED) is 0.837.